The van der Waals surface area contributed by atoms with E-state index in [0.717, 1.165) is 11.0 Å². The van der Waals surface area contributed by atoms with E-state index in [2.05, 4.69) is 59.2 Å². The van der Waals surface area contributed by atoms with Crippen molar-refractivity contribution in [2.45, 2.75) is 12.8 Å². The smallest absolute Gasteiger partial charge is 0.0175 e. The molecule has 0 aliphatic heterocycles. The fourth-order valence-corrected chi connectivity index (χ4v) is 1.51. The van der Waals surface area contributed by atoms with Gasteiger partial charge in [0.05, 0.1) is 0 Å². The van der Waals surface area contributed by atoms with E-state index in [0.29, 0.717) is 0 Å². The van der Waals surface area contributed by atoms with Gasteiger partial charge in [-0.3, -0.25) is 0 Å². The van der Waals surface area contributed by atoms with Gasteiger partial charge in [0.25, 0.3) is 0 Å². The van der Waals surface area contributed by atoms with Crippen LogP contribution >= 0.6 is 28.3 Å². The Morgan fingerprint density at radius 3 is 2.21 bits per heavy atom. The highest BCUT2D eigenvalue weighted by Gasteiger charge is 1.94. The number of hydrogen-bond donors (Lipinski definition) is 0. The van der Waals surface area contributed by atoms with E-state index in [4.69, 9.17) is 0 Å². The number of benzene rings is 1. The summed E-state index contributed by atoms with van der Waals surface area (Å²) in [5.41, 5.74) is 1.42. The second kappa shape index (κ2) is 7.27. The molecule has 0 unspecified atom stereocenters. The second-order valence-corrected chi connectivity index (χ2v) is 4.45. The van der Waals surface area contributed by atoms with E-state index in [9.17, 15) is 0 Å². The lowest BCUT2D eigenvalue weighted by Gasteiger charge is -2.08. The van der Waals surface area contributed by atoms with E-state index >= 15 is 0 Å². The second-order valence-electron chi connectivity index (χ2n) is 3.53. The molecule has 1 aromatic rings. The van der Waals surface area contributed by atoms with Gasteiger partial charge in [-0.1, -0.05) is 28.1 Å². The van der Waals surface area contributed by atoms with Crippen LogP contribution < -0.4 is 0 Å². The monoisotopic (exact) mass is 277 g/mol. The van der Waals surface area contributed by atoms with Gasteiger partial charge in [-0.15, -0.1) is 12.4 Å². The van der Waals surface area contributed by atoms with Crippen molar-refractivity contribution in [2.75, 3.05) is 20.6 Å². The van der Waals surface area contributed by atoms with Crippen LogP contribution in [0.3, 0.4) is 0 Å². The number of hydrogen-bond acceptors (Lipinski definition) is 1. The molecule has 0 aromatic heterocycles. The molecule has 0 spiro atoms. The molecule has 0 saturated carbocycles. The first-order chi connectivity index (χ1) is 6.18. The van der Waals surface area contributed by atoms with Crippen LogP contribution in [0.2, 0.25) is 0 Å². The molecule has 0 bridgehead atoms. The minimum atomic E-state index is 0. The third-order valence-corrected chi connectivity index (χ3v) is 2.51. The summed E-state index contributed by atoms with van der Waals surface area (Å²) in [6.07, 6.45) is 2.40. The lowest BCUT2D eigenvalue weighted by molar-refractivity contribution is 0.400. The van der Waals surface area contributed by atoms with E-state index in [1.54, 1.807) is 0 Å². The minimum Gasteiger partial charge on any atom is -0.309 e. The first-order valence-electron chi connectivity index (χ1n) is 4.57. The van der Waals surface area contributed by atoms with Crippen LogP contribution in [0.15, 0.2) is 28.7 Å². The molecule has 1 rings (SSSR count). The molecular formula is C11H17BrClN. The van der Waals surface area contributed by atoms with Crippen molar-refractivity contribution >= 4 is 28.3 Å². The molecule has 0 fully saturated rings. The van der Waals surface area contributed by atoms with Gasteiger partial charge >= 0.3 is 0 Å². The Morgan fingerprint density at radius 1 is 1.14 bits per heavy atom. The Balaban J connectivity index is 0.00000169. The van der Waals surface area contributed by atoms with Gasteiger partial charge in [0.15, 0.2) is 0 Å². The summed E-state index contributed by atoms with van der Waals surface area (Å²) in [4.78, 5) is 2.22. The van der Waals surface area contributed by atoms with Crippen molar-refractivity contribution in [3.63, 3.8) is 0 Å². The fourth-order valence-electron chi connectivity index (χ4n) is 1.25. The van der Waals surface area contributed by atoms with Crippen molar-refractivity contribution in [1.82, 2.24) is 4.90 Å². The maximum Gasteiger partial charge on any atom is 0.0175 e. The van der Waals surface area contributed by atoms with Crippen molar-refractivity contribution in [1.29, 1.82) is 0 Å². The quantitative estimate of drug-likeness (QED) is 0.816. The van der Waals surface area contributed by atoms with Crippen LogP contribution in [-0.2, 0) is 6.42 Å². The lowest BCUT2D eigenvalue weighted by Crippen LogP contribution is -2.13. The van der Waals surface area contributed by atoms with Gasteiger partial charge in [-0.25, -0.2) is 0 Å². The van der Waals surface area contributed by atoms with Gasteiger partial charge in [-0.2, -0.15) is 0 Å². The molecule has 0 saturated heterocycles. The standard InChI is InChI=1S/C11H16BrN.ClH/c1-13(2)9-3-4-10-5-7-11(12)8-6-10;/h5-8H,3-4,9H2,1-2H3;1H. The van der Waals surface area contributed by atoms with Gasteiger partial charge < -0.3 is 4.90 Å². The predicted octanol–water partition coefficient (Wildman–Crippen LogP) is 3.37. The highest BCUT2D eigenvalue weighted by Crippen LogP contribution is 2.11. The summed E-state index contributed by atoms with van der Waals surface area (Å²) in [7, 11) is 4.23. The molecule has 3 heteroatoms. The third-order valence-electron chi connectivity index (χ3n) is 1.98. The van der Waals surface area contributed by atoms with Crippen LogP contribution in [0.1, 0.15) is 12.0 Å². The summed E-state index contributed by atoms with van der Waals surface area (Å²) in [5, 5.41) is 0. The van der Waals surface area contributed by atoms with Crippen LogP contribution in [0.25, 0.3) is 0 Å². The molecule has 1 nitrogen and oxygen atoms in total. The lowest BCUT2D eigenvalue weighted by atomic mass is 10.1. The molecular weight excluding hydrogens is 261 g/mol. The van der Waals surface area contributed by atoms with Crippen molar-refractivity contribution in [2.24, 2.45) is 0 Å². The number of nitrogens with zero attached hydrogens (tertiary/aromatic N) is 1. The fraction of sp³-hybridized carbons (Fsp3) is 0.455. The Morgan fingerprint density at radius 2 is 1.71 bits per heavy atom. The van der Waals surface area contributed by atoms with Crippen molar-refractivity contribution in [3.05, 3.63) is 34.3 Å². The first-order valence-corrected chi connectivity index (χ1v) is 5.37. The normalized spacial score (nSPS) is 10.0. The maximum atomic E-state index is 3.43. The topological polar surface area (TPSA) is 3.24 Å². The molecule has 0 aliphatic rings. The zero-order valence-electron chi connectivity index (χ0n) is 8.66. The molecule has 0 aliphatic carbocycles. The predicted molar refractivity (Wildman–Crippen MR) is 68.3 cm³/mol. The average Bonchev–Trinajstić information content (AvgIpc) is 2.08. The molecule has 0 atom stereocenters. The van der Waals surface area contributed by atoms with Gasteiger partial charge in [0.1, 0.15) is 0 Å². The minimum absolute atomic E-state index is 0. The SMILES string of the molecule is CN(C)CCCc1ccc(Br)cc1.Cl. The summed E-state index contributed by atoms with van der Waals surface area (Å²) < 4.78 is 1.16. The Hall–Kier alpha value is -0.0500. The summed E-state index contributed by atoms with van der Waals surface area (Å²) in [6, 6.07) is 8.56. The van der Waals surface area contributed by atoms with Crippen molar-refractivity contribution < 1.29 is 0 Å². The molecule has 0 N–H and O–H groups in total. The van der Waals surface area contributed by atoms with Crippen LogP contribution in [-0.4, -0.2) is 25.5 Å². The maximum absolute atomic E-state index is 3.43. The Kier molecular flexibility index (Phi) is 7.24. The number of halogens is 2. The summed E-state index contributed by atoms with van der Waals surface area (Å²) in [6.45, 7) is 1.16. The highest BCUT2D eigenvalue weighted by molar-refractivity contribution is 9.10. The molecule has 0 heterocycles. The van der Waals surface area contributed by atoms with Crippen LogP contribution in [0.5, 0.6) is 0 Å². The van der Waals surface area contributed by atoms with E-state index in [1.807, 2.05) is 0 Å². The highest BCUT2D eigenvalue weighted by atomic mass is 79.9. The Bertz CT molecular complexity index is 246. The number of aryl methyl sites for hydroxylation is 1. The third kappa shape index (κ3) is 5.63. The average molecular weight is 279 g/mol. The zero-order chi connectivity index (χ0) is 9.68. The molecule has 0 amide bonds. The largest absolute Gasteiger partial charge is 0.309 e. The number of rotatable bonds is 4. The molecule has 1 aromatic carbocycles. The van der Waals surface area contributed by atoms with E-state index in [1.165, 1.54) is 18.4 Å². The molecule has 0 radical (unpaired) electrons. The van der Waals surface area contributed by atoms with Gasteiger partial charge in [0.2, 0.25) is 0 Å². The van der Waals surface area contributed by atoms with E-state index < -0.39 is 0 Å². The Labute approximate surface area is 101 Å². The van der Waals surface area contributed by atoms with Crippen molar-refractivity contribution in [3.8, 4) is 0 Å². The van der Waals surface area contributed by atoms with Gasteiger partial charge in [-0.05, 0) is 51.2 Å². The van der Waals surface area contributed by atoms with E-state index in [-0.39, 0.29) is 12.4 Å². The summed E-state index contributed by atoms with van der Waals surface area (Å²) in [5.74, 6) is 0. The molecule has 80 valence electrons. The molecule has 14 heavy (non-hydrogen) atoms. The first kappa shape index (κ1) is 13.9. The van der Waals surface area contributed by atoms with Crippen LogP contribution in [0.4, 0.5) is 0 Å². The zero-order valence-corrected chi connectivity index (χ0v) is 11.1. The van der Waals surface area contributed by atoms with Crippen LogP contribution in [0, 0.1) is 0 Å². The summed E-state index contributed by atoms with van der Waals surface area (Å²) >= 11 is 3.43. The van der Waals surface area contributed by atoms with Gasteiger partial charge in [0, 0.05) is 4.47 Å².